The molecule has 2 fully saturated rings. The Morgan fingerprint density at radius 3 is 2.44 bits per heavy atom. The molecule has 10 nitrogen and oxygen atoms in total. The highest BCUT2D eigenvalue weighted by Gasteiger charge is 2.30. The molecule has 2 unspecified atom stereocenters. The number of fused-ring (bicyclic) bond motifs is 1. The maximum atomic E-state index is 13.1. The van der Waals surface area contributed by atoms with Crippen molar-refractivity contribution in [3.63, 3.8) is 0 Å². The number of nitrogens with zero attached hydrogens (tertiary/aromatic N) is 2. The van der Waals surface area contributed by atoms with Crippen LogP contribution in [0.4, 0.5) is 4.79 Å². The van der Waals surface area contributed by atoms with Gasteiger partial charge in [-0.2, -0.15) is 4.31 Å². The van der Waals surface area contributed by atoms with E-state index in [4.69, 9.17) is 9.47 Å². The Morgan fingerprint density at radius 1 is 1.00 bits per heavy atom. The zero-order chi connectivity index (χ0) is 24.1. The molecule has 1 aliphatic carbocycles. The summed E-state index contributed by atoms with van der Waals surface area (Å²) in [6.07, 6.45) is 5.02. The first kappa shape index (κ1) is 24.7. The van der Waals surface area contributed by atoms with Crippen LogP contribution < -0.4 is 20.1 Å². The zero-order valence-electron chi connectivity index (χ0n) is 19.6. The van der Waals surface area contributed by atoms with E-state index in [9.17, 15) is 18.0 Å². The minimum Gasteiger partial charge on any atom is -0.490 e. The number of rotatable bonds is 5. The number of imide groups is 1. The Balaban J connectivity index is 1.26. The molecule has 4 rings (SSSR count). The molecule has 1 aromatic rings. The molecule has 2 heterocycles. The van der Waals surface area contributed by atoms with E-state index in [1.54, 1.807) is 6.07 Å². The summed E-state index contributed by atoms with van der Waals surface area (Å²) in [5, 5.41) is 5.32. The minimum absolute atomic E-state index is 0.0472. The van der Waals surface area contributed by atoms with Crippen LogP contribution in [0.3, 0.4) is 0 Å². The van der Waals surface area contributed by atoms with Gasteiger partial charge in [-0.1, -0.05) is 19.8 Å². The maximum Gasteiger partial charge on any atom is 0.321 e. The third-order valence-electron chi connectivity index (χ3n) is 6.74. The summed E-state index contributed by atoms with van der Waals surface area (Å²) in [6, 6.07) is 4.32. The Morgan fingerprint density at radius 2 is 1.71 bits per heavy atom. The fourth-order valence-corrected chi connectivity index (χ4v) is 6.12. The number of urea groups is 1. The van der Waals surface area contributed by atoms with Crippen molar-refractivity contribution in [1.82, 2.24) is 19.8 Å². The monoisotopic (exact) mass is 494 g/mol. The van der Waals surface area contributed by atoms with Gasteiger partial charge in [0.15, 0.2) is 11.5 Å². The summed E-state index contributed by atoms with van der Waals surface area (Å²) in [5.74, 6) is 1.01. The Bertz CT molecular complexity index is 993. The summed E-state index contributed by atoms with van der Waals surface area (Å²) in [7, 11) is -3.69. The van der Waals surface area contributed by atoms with Crippen molar-refractivity contribution in [3.8, 4) is 11.5 Å². The predicted molar refractivity (Wildman–Crippen MR) is 125 cm³/mol. The minimum atomic E-state index is -3.69. The van der Waals surface area contributed by atoms with Crippen LogP contribution in [0.1, 0.15) is 39.0 Å². The number of sulfonamides is 1. The van der Waals surface area contributed by atoms with E-state index in [0.29, 0.717) is 43.7 Å². The summed E-state index contributed by atoms with van der Waals surface area (Å²) in [6.45, 7) is 4.50. The van der Waals surface area contributed by atoms with Gasteiger partial charge >= 0.3 is 6.03 Å². The van der Waals surface area contributed by atoms with Crippen LogP contribution >= 0.6 is 0 Å². The highest BCUT2D eigenvalue weighted by atomic mass is 32.2. The van der Waals surface area contributed by atoms with Gasteiger partial charge in [-0.05, 0) is 30.9 Å². The molecule has 34 heavy (non-hydrogen) atoms. The molecule has 188 valence electrons. The van der Waals surface area contributed by atoms with E-state index in [1.165, 1.54) is 22.9 Å². The van der Waals surface area contributed by atoms with Crippen LogP contribution in [-0.2, 0) is 14.8 Å². The highest BCUT2D eigenvalue weighted by Crippen LogP contribution is 2.33. The van der Waals surface area contributed by atoms with E-state index in [0.717, 1.165) is 25.7 Å². The molecular formula is C23H34N4O6S. The SMILES string of the molecule is CC1CCCCC1NC(=O)NC(=O)CN1CCN(S(=O)(=O)c2ccc3c(c2)OCCCO3)CC1. The van der Waals surface area contributed by atoms with Crippen LogP contribution in [0, 0.1) is 5.92 Å². The number of carbonyl (C=O) groups is 2. The Labute approximate surface area is 201 Å². The lowest BCUT2D eigenvalue weighted by Gasteiger charge is -2.33. The second kappa shape index (κ2) is 10.9. The Kier molecular flexibility index (Phi) is 7.95. The first-order valence-corrected chi connectivity index (χ1v) is 13.5. The van der Waals surface area contributed by atoms with Crippen LogP contribution in [0.25, 0.3) is 0 Å². The van der Waals surface area contributed by atoms with Crippen molar-refractivity contribution in [2.24, 2.45) is 5.92 Å². The van der Waals surface area contributed by atoms with Crippen molar-refractivity contribution in [1.29, 1.82) is 0 Å². The van der Waals surface area contributed by atoms with E-state index >= 15 is 0 Å². The lowest BCUT2D eigenvalue weighted by Crippen LogP contribution is -2.53. The number of piperazine rings is 1. The fourth-order valence-electron chi connectivity index (χ4n) is 4.69. The van der Waals surface area contributed by atoms with Gasteiger partial charge in [-0.15, -0.1) is 0 Å². The normalized spacial score (nSPS) is 24.1. The number of hydrogen-bond donors (Lipinski definition) is 2. The van der Waals surface area contributed by atoms with Crippen LogP contribution in [0.2, 0.25) is 0 Å². The zero-order valence-corrected chi connectivity index (χ0v) is 20.4. The molecule has 0 radical (unpaired) electrons. The van der Waals surface area contributed by atoms with Gasteiger partial charge in [-0.3, -0.25) is 15.0 Å². The molecule has 1 aromatic carbocycles. The molecule has 11 heteroatoms. The van der Waals surface area contributed by atoms with E-state index < -0.39 is 16.1 Å². The van der Waals surface area contributed by atoms with Crippen LogP contribution in [-0.4, -0.2) is 81.5 Å². The summed E-state index contributed by atoms with van der Waals surface area (Å²) in [4.78, 5) is 26.6. The number of benzene rings is 1. The molecule has 2 N–H and O–H groups in total. The van der Waals surface area contributed by atoms with E-state index in [2.05, 4.69) is 17.6 Å². The molecule has 0 aromatic heterocycles. The first-order valence-electron chi connectivity index (χ1n) is 12.1. The summed E-state index contributed by atoms with van der Waals surface area (Å²) < 4.78 is 38.9. The molecule has 2 aliphatic heterocycles. The predicted octanol–water partition coefficient (Wildman–Crippen LogP) is 1.56. The Hall–Kier alpha value is -2.37. The molecule has 1 saturated heterocycles. The fraction of sp³-hybridized carbons (Fsp3) is 0.652. The van der Waals surface area contributed by atoms with Gasteiger partial charge in [0.2, 0.25) is 15.9 Å². The van der Waals surface area contributed by atoms with Gasteiger partial charge in [0.05, 0.1) is 24.7 Å². The third kappa shape index (κ3) is 6.00. The van der Waals surface area contributed by atoms with Gasteiger partial charge < -0.3 is 14.8 Å². The standard InChI is InChI=1S/C23H34N4O6S/c1-17-5-2-3-6-19(17)24-23(29)25-22(28)16-26-9-11-27(12-10-26)34(30,31)18-7-8-20-21(15-18)33-14-4-13-32-20/h7-8,15,17,19H,2-6,9-14,16H2,1H3,(H2,24,25,28,29). The van der Waals surface area contributed by atoms with Crippen molar-refractivity contribution in [2.45, 2.75) is 50.0 Å². The van der Waals surface area contributed by atoms with Gasteiger partial charge in [-0.25, -0.2) is 13.2 Å². The van der Waals surface area contributed by atoms with Crippen molar-refractivity contribution in [3.05, 3.63) is 18.2 Å². The maximum absolute atomic E-state index is 13.1. The molecule has 0 spiro atoms. The number of nitrogens with one attached hydrogen (secondary N) is 2. The average molecular weight is 495 g/mol. The van der Waals surface area contributed by atoms with Gasteiger partial charge in [0, 0.05) is 44.7 Å². The lowest BCUT2D eigenvalue weighted by molar-refractivity contribution is -0.121. The van der Waals surface area contributed by atoms with Gasteiger partial charge in [0.1, 0.15) is 0 Å². The first-order chi connectivity index (χ1) is 16.3. The van der Waals surface area contributed by atoms with Crippen molar-refractivity contribution in [2.75, 3.05) is 45.9 Å². The highest BCUT2D eigenvalue weighted by molar-refractivity contribution is 7.89. The largest absolute Gasteiger partial charge is 0.490 e. The number of hydrogen-bond acceptors (Lipinski definition) is 7. The van der Waals surface area contributed by atoms with E-state index in [1.807, 2.05) is 4.90 Å². The van der Waals surface area contributed by atoms with Crippen molar-refractivity contribution < 1.29 is 27.5 Å². The number of amides is 3. The molecule has 3 amide bonds. The molecule has 3 aliphatic rings. The van der Waals surface area contributed by atoms with Crippen LogP contribution in [0.5, 0.6) is 11.5 Å². The molecular weight excluding hydrogens is 460 g/mol. The molecule has 1 saturated carbocycles. The van der Waals surface area contributed by atoms with Gasteiger partial charge in [0.25, 0.3) is 0 Å². The van der Waals surface area contributed by atoms with Crippen LogP contribution in [0.15, 0.2) is 23.1 Å². The lowest BCUT2D eigenvalue weighted by atomic mass is 9.86. The third-order valence-corrected chi connectivity index (χ3v) is 8.63. The topological polar surface area (TPSA) is 117 Å². The van der Waals surface area contributed by atoms with Crippen molar-refractivity contribution >= 4 is 22.0 Å². The number of ether oxygens (including phenoxy) is 2. The second-order valence-electron chi connectivity index (χ2n) is 9.23. The molecule has 2 atom stereocenters. The van der Waals surface area contributed by atoms with E-state index in [-0.39, 0.29) is 36.5 Å². The summed E-state index contributed by atoms with van der Waals surface area (Å²) >= 11 is 0. The second-order valence-corrected chi connectivity index (χ2v) is 11.2. The average Bonchev–Trinajstić information content (AvgIpc) is 3.06. The number of carbonyl (C=O) groups excluding carboxylic acids is 2. The quantitative estimate of drug-likeness (QED) is 0.638. The smallest absolute Gasteiger partial charge is 0.321 e. The summed E-state index contributed by atoms with van der Waals surface area (Å²) in [5.41, 5.74) is 0. The molecule has 0 bridgehead atoms.